The summed E-state index contributed by atoms with van der Waals surface area (Å²) in [5, 5.41) is 0.772. The molecule has 7 nitrogen and oxygen atoms in total. The van der Waals surface area contributed by atoms with Crippen LogP contribution in [0.15, 0.2) is 47.8 Å². The zero-order valence-electron chi connectivity index (χ0n) is 12.0. The fourth-order valence-corrected chi connectivity index (χ4v) is 3.00. The molecule has 118 valence electrons. The van der Waals surface area contributed by atoms with Crippen LogP contribution < -0.4 is 10.3 Å². The van der Waals surface area contributed by atoms with E-state index in [-0.39, 0.29) is 15.9 Å². The summed E-state index contributed by atoms with van der Waals surface area (Å²) in [6.45, 7) is 1.88. The summed E-state index contributed by atoms with van der Waals surface area (Å²) in [5.74, 6) is 0.287. The van der Waals surface area contributed by atoms with Gasteiger partial charge in [0.25, 0.3) is 10.0 Å². The third-order valence-corrected chi connectivity index (χ3v) is 4.68. The Morgan fingerprint density at radius 1 is 1.04 bits per heavy atom. The molecular formula is C14H12ClN5O2S. The molecule has 0 atom stereocenters. The van der Waals surface area contributed by atoms with Gasteiger partial charge in [0.05, 0.1) is 4.90 Å². The topological polar surface area (TPSA) is 96.9 Å². The molecule has 0 saturated heterocycles. The summed E-state index contributed by atoms with van der Waals surface area (Å²) in [6.07, 6.45) is 2.77. The van der Waals surface area contributed by atoms with Gasteiger partial charge in [-0.15, -0.1) is 4.83 Å². The molecule has 0 saturated carbocycles. The second-order valence-corrected chi connectivity index (χ2v) is 6.80. The maximum atomic E-state index is 12.3. The van der Waals surface area contributed by atoms with Gasteiger partial charge in [-0.25, -0.2) is 23.4 Å². The van der Waals surface area contributed by atoms with E-state index in [0.29, 0.717) is 10.9 Å². The Morgan fingerprint density at radius 2 is 1.78 bits per heavy atom. The normalized spacial score (nSPS) is 11.6. The predicted octanol–water partition coefficient (Wildman–Crippen LogP) is 2.29. The number of hydrogen-bond acceptors (Lipinski definition) is 6. The van der Waals surface area contributed by atoms with E-state index in [1.54, 1.807) is 18.2 Å². The summed E-state index contributed by atoms with van der Waals surface area (Å²) in [4.78, 5) is 14.4. The van der Waals surface area contributed by atoms with Gasteiger partial charge >= 0.3 is 0 Å². The summed E-state index contributed by atoms with van der Waals surface area (Å²) < 4.78 is 24.5. The van der Waals surface area contributed by atoms with E-state index in [4.69, 9.17) is 11.6 Å². The van der Waals surface area contributed by atoms with Crippen LogP contribution in [0.5, 0.6) is 0 Å². The highest BCUT2D eigenvalue weighted by molar-refractivity contribution is 7.89. The number of nitrogens with zero attached hydrogens (tertiary/aromatic N) is 3. The zero-order valence-corrected chi connectivity index (χ0v) is 13.6. The van der Waals surface area contributed by atoms with E-state index in [9.17, 15) is 8.42 Å². The van der Waals surface area contributed by atoms with Crippen molar-refractivity contribution in [3.63, 3.8) is 0 Å². The number of hydrazine groups is 1. The summed E-state index contributed by atoms with van der Waals surface area (Å²) in [7, 11) is -3.72. The fourth-order valence-electron chi connectivity index (χ4n) is 1.95. The number of halogens is 1. The minimum atomic E-state index is -3.72. The van der Waals surface area contributed by atoms with Crippen molar-refractivity contribution < 1.29 is 8.42 Å². The van der Waals surface area contributed by atoms with Gasteiger partial charge in [0, 0.05) is 11.6 Å². The highest BCUT2D eigenvalue weighted by Crippen LogP contribution is 2.23. The Hall–Kier alpha value is -2.29. The van der Waals surface area contributed by atoms with Crippen LogP contribution >= 0.6 is 11.6 Å². The number of nitrogens with one attached hydrogen (secondary N) is 2. The van der Waals surface area contributed by atoms with E-state index in [1.165, 1.54) is 24.7 Å². The number of benzene rings is 1. The Labute approximate surface area is 137 Å². The van der Waals surface area contributed by atoms with Crippen LogP contribution in [0.3, 0.4) is 0 Å². The SMILES string of the molecule is Cc1ccc(S(=O)(=O)NNc2ncnc3c(Cl)nccc23)cc1. The van der Waals surface area contributed by atoms with E-state index < -0.39 is 10.0 Å². The van der Waals surface area contributed by atoms with Crippen LogP contribution in [0.1, 0.15) is 5.56 Å². The summed E-state index contributed by atoms with van der Waals surface area (Å²) in [5.41, 5.74) is 4.00. The first-order valence-corrected chi connectivity index (χ1v) is 8.43. The predicted molar refractivity (Wildman–Crippen MR) is 87.5 cm³/mol. The molecule has 0 radical (unpaired) electrons. The number of fused-ring (bicyclic) bond motifs is 1. The maximum Gasteiger partial charge on any atom is 0.257 e. The number of pyridine rings is 1. The molecule has 0 aliphatic rings. The third-order valence-electron chi connectivity index (χ3n) is 3.14. The molecule has 2 N–H and O–H groups in total. The van der Waals surface area contributed by atoms with E-state index in [1.807, 2.05) is 6.92 Å². The van der Waals surface area contributed by atoms with Gasteiger partial charge in [-0.3, -0.25) is 5.43 Å². The Morgan fingerprint density at radius 3 is 2.52 bits per heavy atom. The van der Waals surface area contributed by atoms with E-state index >= 15 is 0 Å². The highest BCUT2D eigenvalue weighted by atomic mass is 35.5. The molecule has 0 unspecified atom stereocenters. The van der Waals surface area contributed by atoms with Crippen LogP contribution in [-0.2, 0) is 10.0 Å². The molecule has 0 aliphatic heterocycles. The first-order valence-electron chi connectivity index (χ1n) is 6.57. The van der Waals surface area contributed by atoms with Gasteiger partial charge in [0.15, 0.2) is 11.0 Å². The number of hydrogen-bond donors (Lipinski definition) is 2. The van der Waals surface area contributed by atoms with Crippen molar-refractivity contribution in [3.8, 4) is 0 Å². The number of sulfonamides is 1. The summed E-state index contributed by atoms with van der Waals surface area (Å²) in [6, 6.07) is 8.14. The van der Waals surface area contributed by atoms with Crippen molar-refractivity contribution in [2.45, 2.75) is 11.8 Å². The molecule has 3 aromatic rings. The van der Waals surface area contributed by atoms with Crippen molar-refractivity contribution in [1.82, 2.24) is 19.8 Å². The van der Waals surface area contributed by atoms with Gasteiger partial charge < -0.3 is 0 Å². The standard InChI is InChI=1S/C14H12ClN5O2S/c1-9-2-4-10(5-3-9)23(21,22)20-19-14-11-6-7-16-13(15)12(11)17-8-18-14/h2-8,20H,1H3,(H,17,18,19). The van der Waals surface area contributed by atoms with Gasteiger partial charge in [-0.05, 0) is 25.1 Å². The Balaban J connectivity index is 1.89. The lowest BCUT2D eigenvalue weighted by atomic mass is 10.2. The second kappa shape index (κ2) is 6.07. The Kier molecular flexibility index (Phi) is 4.12. The van der Waals surface area contributed by atoms with Crippen LogP contribution in [0, 0.1) is 6.92 Å². The minimum absolute atomic E-state index is 0.147. The highest BCUT2D eigenvalue weighted by Gasteiger charge is 2.15. The van der Waals surface area contributed by atoms with E-state index in [0.717, 1.165) is 5.56 Å². The van der Waals surface area contributed by atoms with Crippen molar-refractivity contribution in [2.24, 2.45) is 0 Å². The van der Waals surface area contributed by atoms with Crippen LogP contribution in [0.4, 0.5) is 5.82 Å². The second-order valence-electron chi connectivity index (χ2n) is 4.76. The molecule has 2 heterocycles. The number of rotatable bonds is 4. The molecule has 3 rings (SSSR count). The first kappa shape index (κ1) is 15.6. The van der Waals surface area contributed by atoms with Crippen LogP contribution in [0.25, 0.3) is 10.9 Å². The molecule has 1 aromatic carbocycles. The van der Waals surface area contributed by atoms with Crippen molar-refractivity contribution in [2.75, 3.05) is 5.43 Å². The molecule has 0 aliphatic carbocycles. The van der Waals surface area contributed by atoms with Gasteiger partial charge in [-0.1, -0.05) is 29.3 Å². The average molecular weight is 350 g/mol. The molecule has 0 bridgehead atoms. The average Bonchev–Trinajstić information content (AvgIpc) is 2.54. The fraction of sp³-hybridized carbons (Fsp3) is 0.0714. The van der Waals surface area contributed by atoms with Crippen molar-refractivity contribution in [1.29, 1.82) is 0 Å². The lowest BCUT2D eigenvalue weighted by molar-refractivity contribution is 0.587. The van der Waals surface area contributed by atoms with Gasteiger partial charge in [0.2, 0.25) is 0 Å². The smallest absolute Gasteiger partial charge is 0.257 e. The molecular weight excluding hydrogens is 338 g/mol. The lowest BCUT2D eigenvalue weighted by Crippen LogP contribution is -2.30. The van der Waals surface area contributed by atoms with E-state index in [2.05, 4.69) is 25.2 Å². The van der Waals surface area contributed by atoms with Crippen molar-refractivity contribution in [3.05, 3.63) is 53.6 Å². The third kappa shape index (κ3) is 3.24. The molecule has 0 spiro atoms. The molecule has 0 fully saturated rings. The molecule has 23 heavy (non-hydrogen) atoms. The van der Waals surface area contributed by atoms with Crippen molar-refractivity contribution >= 4 is 38.3 Å². The quantitative estimate of drug-likeness (QED) is 0.554. The molecule has 0 amide bonds. The zero-order chi connectivity index (χ0) is 16.4. The minimum Gasteiger partial charge on any atom is -0.291 e. The van der Waals surface area contributed by atoms with Crippen LogP contribution in [-0.4, -0.2) is 23.4 Å². The molecule has 9 heteroatoms. The molecule has 2 aromatic heterocycles. The number of aromatic nitrogens is 3. The van der Waals surface area contributed by atoms with Crippen LogP contribution in [0.2, 0.25) is 5.15 Å². The first-order chi connectivity index (χ1) is 11.0. The summed E-state index contributed by atoms with van der Waals surface area (Å²) >= 11 is 5.96. The number of aryl methyl sites for hydroxylation is 1. The number of anilines is 1. The monoisotopic (exact) mass is 349 g/mol. The largest absolute Gasteiger partial charge is 0.291 e. The maximum absolute atomic E-state index is 12.3. The van der Waals surface area contributed by atoms with Gasteiger partial charge in [-0.2, -0.15) is 0 Å². The van der Waals surface area contributed by atoms with Gasteiger partial charge in [0.1, 0.15) is 11.8 Å². The Bertz CT molecular complexity index is 961. The lowest BCUT2D eigenvalue weighted by Gasteiger charge is -2.10.